The Hall–Kier alpha value is -1.86. The van der Waals surface area contributed by atoms with Crippen molar-refractivity contribution < 1.29 is 0 Å². The molecular formula is C32H40Si. The summed E-state index contributed by atoms with van der Waals surface area (Å²) in [5, 5.41) is 3.81. The van der Waals surface area contributed by atoms with Gasteiger partial charge in [-0.05, 0) is 70.4 Å². The standard InChI is InChI=1S/C32H40Si/c1-23-21-25-13-9-11-19-29(25)31(23)33(27-15-5-3-6-16-27,28-17-7-4-8-18-28)32-24(2)22-26-14-10-12-20-30(26)32/h9-14,19-20,27-28H,3-8,15-18,21-22H2,1-2H3. The smallest absolute Gasteiger partial charge is 0.0686 e. The van der Waals surface area contributed by atoms with E-state index < -0.39 is 8.07 Å². The van der Waals surface area contributed by atoms with E-state index in [2.05, 4.69) is 62.4 Å². The fraction of sp³-hybridized carbons (Fsp3) is 0.500. The Morgan fingerprint density at radius 1 is 0.545 bits per heavy atom. The van der Waals surface area contributed by atoms with Crippen molar-refractivity contribution in [2.75, 3.05) is 0 Å². The third kappa shape index (κ3) is 3.37. The second-order valence-electron chi connectivity index (χ2n) is 11.5. The van der Waals surface area contributed by atoms with Crippen molar-refractivity contribution in [2.24, 2.45) is 0 Å². The van der Waals surface area contributed by atoms with E-state index in [1.54, 1.807) is 33.4 Å². The van der Waals surface area contributed by atoms with E-state index >= 15 is 0 Å². The normalized spacial score (nSPS) is 22.1. The number of hydrogen-bond donors (Lipinski definition) is 0. The van der Waals surface area contributed by atoms with Crippen LogP contribution in [0.25, 0.3) is 10.4 Å². The van der Waals surface area contributed by atoms with Crippen LogP contribution >= 0.6 is 0 Å². The largest absolute Gasteiger partial charge is 0.125 e. The summed E-state index contributed by atoms with van der Waals surface area (Å²) in [6.07, 6.45) is 17.0. The van der Waals surface area contributed by atoms with Crippen molar-refractivity contribution >= 4 is 18.5 Å². The monoisotopic (exact) mass is 452 g/mol. The molecule has 6 rings (SSSR count). The topological polar surface area (TPSA) is 0 Å². The molecule has 0 heterocycles. The molecule has 0 amide bonds. The lowest BCUT2D eigenvalue weighted by Crippen LogP contribution is -2.49. The van der Waals surface area contributed by atoms with Crippen LogP contribution in [-0.2, 0) is 12.8 Å². The van der Waals surface area contributed by atoms with Crippen molar-refractivity contribution in [2.45, 2.75) is 102 Å². The maximum absolute atomic E-state index is 2.51. The molecule has 33 heavy (non-hydrogen) atoms. The molecule has 0 spiro atoms. The van der Waals surface area contributed by atoms with Crippen molar-refractivity contribution in [1.82, 2.24) is 0 Å². The van der Waals surface area contributed by atoms with Crippen molar-refractivity contribution in [3.8, 4) is 0 Å². The average Bonchev–Trinajstić information content (AvgIpc) is 3.38. The van der Waals surface area contributed by atoms with E-state index in [9.17, 15) is 0 Å². The van der Waals surface area contributed by atoms with Gasteiger partial charge in [-0.2, -0.15) is 0 Å². The Kier molecular flexibility index (Phi) is 5.73. The van der Waals surface area contributed by atoms with Gasteiger partial charge < -0.3 is 0 Å². The van der Waals surface area contributed by atoms with Gasteiger partial charge in [0.1, 0.15) is 8.07 Å². The SMILES string of the molecule is CC1=C([Si](C2=C(C)Cc3ccccc32)(C2CCCCC2)C2CCCCC2)c2ccccc2C1. The first kappa shape index (κ1) is 21.7. The van der Waals surface area contributed by atoms with Crippen LogP contribution < -0.4 is 0 Å². The zero-order chi connectivity index (χ0) is 22.4. The first-order valence-electron chi connectivity index (χ1n) is 13.8. The Morgan fingerprint density at radius 3 is 1.36 bits per heavy atom. The average molecular weight is 453 g/mol. The maximum atomic E-state index is 2.51. The van der Waals surface area contributed by atoms with E-state index in [1.165, 1.54) is 77.0 Å². The van der Waals surface area contributed by atoms with E-state index in [-0.39, 0.29) is 0 Å². The summed E-state index contributed by atoms with van der Waals surface area (Å²) in [5.41, 5.74) is 11.8. The summed E-state index contributed by atoms with van der Waals surface area (Å²) < 4.78 is 0. The minimum Gasteiger partial charge on any atom is -0.0686 e. The molecule has 4 aliphatic carbocycles. The molecule has 0 saturated heterocycles. The molecule has 4 aliphatic rings. The van der Waals surface area contributed by atoms with Gasteiger partial charge in [0, 0.05) is 0 Å². The number of allylic oxidation sites excluding steroid dienone is 2. The maximum Gasteiger partial charge on any atom is 0.125 e. The fourth-order valence-electron chi connectivity index (χ4n) is 8.59. The van der Waals surface area contributed by atoms with Gasteiger partial charge in [-0.15, -0.1) is 0 Å². The van der Waals surface area contributed by atoms with E-state index in [4.69, 9.17) is 0 Å². The lowest BCUT2D eigenvalue weighted by molar-refractivity contribution is 0.460. The minimum absolute atomic E-state index is 0.918. The second kappa shape index (κ2) is 8.73. The van der Waals surface area contributed by atoms with Crippen molar-refractivity contribution in [3.63, 3.8) is 0 Å². The Morgan fingerprint density at radius 2 is 0.939 bits per heavy atom. The molecule has 0 N–H and O–H groups in total. The molecule has 0 bridgehead atoms. The van der Waals surface area contributed by atoms with Gasteiger partial charge in [-0.1, -0.05) is 124 Å². The molecule has 2 saturated carbocycles. The number of rotatable bonds is 4. The van der Waals surface area contributed by atoms with E-state index in [0.29, 0.717) is 0 Å². The van der Waals surface area contributed by atoms with Crippen LogP contribution in [-0.4, -0.2) is 8.07 Å². The highest BCUT2D eigenvalue weighted by molar-refractivity contribution is 7.12. The zero-order valence-corrected chi connectivity index (χ0v) is 21.8. The third-order valence-corrected chi connectivity index (χ3v) is 16.4. The van der Waals surface area contributed by atoms with Gasteiger partial charge in [-0.3, -0.25) is 0 Å². The molecule has 2 aromatic carbocycles. The van der Waals surface area contributed by atoms with Gasteiger partial charge in [-0.25, -0.2) is 0 Å². The van der Waals surface area contributed by atoms with E-state index in [0.717, 1.165) is 11.1 Å². The van der Waals surface area contributed by atoms with Crippen LogP contribution in [0.2, 0.25) is 11.1 Å². The first-order chi connectivity index (χ1) is 16.2. The quantitative estimate of drug-likeness (QED) is 0.405. The van der Waals surface area contributed by atoms with Crippen LogP contribution in [0.1, 0.15) is 100 Å². The van der Waals surface area contributed by atoms with Gasteiger partial charge >= 0.3 is 0 Å². The van der Waals surface area contributed by atoms with Crippen molar-refractivity contribution in [3.05, 3.63) is 81.9 Å². The highest BCUT2D eigenvalue weighted by Gasteiger charge is 2.56. The van der Waals surface area contributed by atoms with Gasteiger partial charge in [0.25, 0.3) is 0 Å². The van der Waals surface area contributed by atoms with Crippen LogP contribution in [0.15, 0.2) is 59.7 Å². The summed E-state index contributed by atoms with van der Waals surface area (Å²) in [6.45, 7) is 5.03. The number of benzene rings is 2. The molecule has 2 aromatic rings. The van der Waals surface area contributed by atoms with Gasteiger partial charge in [0.2, 0.25) is 0 Å². The van der Waals surface area contributed by atoms with Crippen LogP contribution in [0.5, 0.6) is 0 Å². The van der Waals surface area contributed by atoms with Gasteiger partial charge in [0.05, 0.1) is 0 Å². The lowest BCUT2D eigenvalue weighted by Gasteiger charge is -2.51. The zero-order valence-electron chi connectivity index (χ0n) is 20.8. The molecule has 0 nitrogen and oxygen atoms in total. The molecule has 0 radical (unpaired) electrons. The molecule has 0 aromatic heterocycles. The summed E-state index contributed by atoms with van der Waals surface area (Å²) in [5.74, 6) is 0. The number of hydrogen-bond acceptors (Lipinski definition) is 0. The Balaban J connectivity index is 1.66. The highest BCUT2D eigenvalue weighted by Crippen LogP contribution is 2.63. The minimum atomic E-state index is -2.00. The van der Waals surface area contributed by atoms with Crippen LogP contribution in [0, 0.1) is 0 Å². The summed E-state index contributed by atoms with van der Waals surface area (Å²) >= 11 is 0. The molecular weight excluding hydrogens is 412 g/mol. The van der Waals surface area contributed by atoms with Crippen molar-refractivity contribution in [1.29, 1.82) is 0 Å². The Labute approximate surface area is 202 Å². The third-order valence-electron chi connectivity index (χ3n) is 9.66. The summed E-state index contributed by atoms with van der Waals surface area (Å²) in [7, 11) is -2.00. The Bertz CT molecular complexity index is 1020. The van der Waals surface area contributed by atoms with E-state index in [1.807, 2.05) is 10.4 Å². The molecule has 2 fully saturated rings. The molecule has 1 heteroatoms. The fourth-order valence-corrected chi connectivity index (χ4v) is 16.7. The predicted octanol–water partition coefficient (Wildman–Crippen LogP) is 9.24. The molecule has 0 aliphatic heterocycles. The summed E-state index contributed by atoms with van der Waals surface area (Å²) in [4.78, 5) is 0. The molecule has 0 unspecified atom stereocenters. The van der Waals surface area contributed by atoms with Crippen LogP contribution in [0.3, 0.4) is 0 Å². The highest BCUT2D eigenvalue weighted by atomic mass is 28.3. The molecule has 172 valence electrons. The van der Waals surface area contributed by atoms with Crippen LogP contribution in [0.4, 0.5) is 0 Å². The van der Waals surface area contributed by atoms with Gasteiger partial charge in [0.15, 0.2) is 0 Å². The lowest BCUT2D eigenvalue weighted by atomic mass is 9.99. The summed E-state index contributed by atoms with van der Waals surface area (Å²) in [6, 6.07) is 19.1. The second-order valence-corrected chi connectivity index (χ2v) is 15.9. The first-order valence-corrected chi connectivity index (χ1v) is 15.9. The number of fused-ring (bicyclic) bond motifs is 2. The molecule has 0 atom stereocenters. The predicted molar refractivity (Wildman–Crippen MR) is 145 cm³/mol.